The number of nitrogens with zero attached hydrogens (tertiary/aromatic N) is 1. The minimum Gasteiger partial charge on any atom is -0.465 e. The number of methoxy groups -OCH3 is 1. The van der Waals surface area contributed by atoms with Gasteiger partial charge in [0, 0.05) is 17.2 Å². The summed E-state index contributed by atoms with van der Waals surface area (Å²) in [5, 5.41) is 0. The van der Waals surface area contributed by atoms with Gasteiger partial charge < -0.3 is 15.4 Å². The number of hydrogen-bond acceptors (Lipinski definition) is 5. The largest absolute Gasteiger partial charge is 0.465 e. The second-order valence-electron chi connectivity index (χ2n) is 3.86. The van der Waals surface area contributed by atoms with Gasteiger partial charge in [-0.25, -0.2) is 4.79 Å². The monoisotopic (exact) mass is 254 g/mol. The van der Waals surface area contributed by atoms with E-state index in [-0.39, 0.29) is 0 Å². The van der Waals surface area contributed by atoms with Crippen LogP contribution in [0.15, 0.2) is 23.1 Å². The van der Waals surface area contributed by atoms with Gasteiger partial charge in [0.1, 0.15) is 0 Å². The van der Waals surface area contributed by atoms with Gasteiger partial charge in [-0.2, -0.15) is 0 Å². The van der Waals surface area contributed by atoms with Crippen LogP contribution in [0, 0.1) is 0 Å². The molecule has 0 spiro atoms. The zero-order valence-electron chi connectivity index (χ0n) is 10.4. The van der Waals surface area contributed by atoms with E-state index in [1.54, 1.807) is 17.8 Å². The first-order valence-corrected chi connectivity index (χ1v) is 6.29. The number of carbonyl (C=O) groups is 1. The van der Waals surface area contributed by atoms with E-state index >= 15 is 0 Å². The normalized spacial score (nSPS) is 10.6. The summed E-state index contributed by atoms with van der Waals surface area (Å²) >= 11 is 1.64. The van der Waals surface area contributed by atoms with Gasteiger partial charge in [-0.3, -0.25) is 0 Å². The van der Waals surface area contributed by atoms with Gasteiger partial charge >= 0.3 is 5.97 Å². The number of carbonyl (C=O) groups excluding carboxylic acids is 1. The number of hydrogen-bond donors (Lipinski definition) is 1. The molecule has 2 N–H and O–H groups in total. The SMILES string of the molecule is COC(=O)c1cccc(SCCN(C)C)c1N. The van der Waals surface area contributed by atoms with Crippen molar-refractivity contribution in [2.75, 3.05) is 39.2 Å². The van der Waals surface area contributed by atoms with Gasteiger partial charge in [-0.1, -0.05) is 6.07 Å². The second kappa shape index (κ2) is 6.51. The Morgan fingerprint density at radius 2 is 2.18 bits per heavy atom. The molecule has 0 heterocycles. The Bertz CT molecular complexity index is 394. The van der Waals surface area contributed by atoms with Crippen LogP contribution in [-0.4, -0.2) is 44.4 Å². The lowest BCUT2D eigenvalue weighted by Crippen LogP contribution is -2.15. The number of nitrogen functional groups attached to an aromatic ring is 1. The zero-order valence-corrected chi connectivity index (χ0v) is 11.2. The molecule has 0 saturated carbocycles. The molecule has 1 aromatic rings. The summed E-state index contributed by atoms with van der Waals surface area (Å²) in [7, 11) is 5.40. The number of ether oxygens (including phenoxy) is 1. The molecule has 0 aliphatic rings. The van der Waals surface area contributed by atoms with Crippen LogP contribution in [-0.2, 0) is 4.74 Å². The molecular weight excluding hydrogens is 236 g/mol. The Labute approximate surface area is 106 Å². The Balaban J connectivity index is 2.76. The topological polar surface area (TPSA) is 55.6 Å². The summed E-state index contributed by atoms with van der Waals surface area (Å²) in [4.78, 5) is 14.5. The Hall–Kier alpha value is -1.20. The molecule has 1 aromatic carbocycles. The van der Waals surface area contributed by atoms with E-state index in [9.17, 15) is 4.79 Å². The van der Waals surface area contributed by atoms with Crippen molar-refractivity contribution in [3.8, 4) is 0 Å². The quantitative estimate of drug-likeness (QED) is 0.492. The molecule has 0 aromatic heterocycles. The summed E-state index contributed by atoms with van der Waals surface area (Å²) in [6, 6.07) is 5.42. The van der Waals surface area contributed by atoms with Gasteiger partial charge in [0.05, 0.1) is 18.4 Å². The maximum absolute atomic E-state index is 11.4. The Morgan fingerprint density at radius 1 is 1.47 bits per heavy atom. The van der Waals surface area contributed by atoms with Gasteiger partial charge in [-0.05, 0) is 26.2 Å². The van der Waals surface area contributed by atoms with E-state index < -0.39 is 5.97 Å². The van der Waals surface area contributed by atoms with E-state index in [0.29, 0.717) is 11.3 Å². The summed E-state index contributed by atoms with van der Waals surface area (Å²) in [6.45, 7) is 0.965. The number of para-hydroxylation sites is 1. The third kappa shape index (κ3) is 3.94. The fraction of sp³-hybridized carbons (Fsp3) is 0.417. The maximum Gasteiger partial charge on any atom is 0.339 e. The predicted molar refractivity (Wildman–Crippen MR) is 71.5 cm³/mol. The summed E-state index contributed by atoms with van der Waals surface area (Å²) in [6.07, 6.45) is 0. The van der Waals surface area contributed by atoms with Crippen molar-refractivity contribution >= 4 is 23.4 Å². The Morgan fingerprint density at radius 3 is 2.76 bits per heavy atom. The van der Waals surface area contributed by atoms with Crippen molar-refractivity contribution in [3.05, 3.63) is 23.8 Å². The van der Waals surface area contributed by atoms with E-state index in [2.05, 4.69) is 9.64 Å². The lowest BCUT2D eigenvalue weighted by atomic mass is 10.2. The van der Waals surface area contributed by atoms with Crippen LogP contribution >= 0.6 is 11.8 Å². The van der Waals surface area contributed by atoms with Crippen LogP contribution in [0.4, 0.5) is 5.69 Å². The van der Waals surface area contributed by atoms with Crippen LogP contribution in [0.1, 0.15) is 10.4 Å². The van der Waals surface area contributed by atoms with Crippen molar-refractivity contribution in [2.24, 2.45) is 0 Å². The summed E-state index contributed by atoms with van der Waals surface area (Å²) in [5.41, 5.74) is 6.88. The smallest absolute Gasteiger partial charge is 0.339 e. The minimum atomic E-state index is -0.391. The first kappa shape index (κ1) is 13.9. The van der Waals surface area contributed by atoms with Gasteiger partial charge in [0.25, 0.3) is 0 Å². The van der Waals surface area contributed by atoms with Crippen molar-refractivity contribution in [2.45, 2.75) is 4.90 Å². The lowest BCUT2D eigenvalue weighted by molar-refractivity contribution is 0.0601. The molecule has 0 fully saturated rings. The molecule has 0 atom stereocenters. The van der Waals surface area contributed by atoms with Crippen molar-refractivity contribution in [3.63, 3.8) is 0 Å². The summed E-state index contributed by atoms with van der Waals surface area (Å²) < 4.78 is 4.68. The fourth-order valence-corrected chi connectivity index (χ4v) is 2.41. The average molecular weight is 254 g/mol. The fourth-order valence-electron chi connectivity index (χ4n) is 1.30. The third-order valence-electron chi connectivity index (χ3n) is 2.27. The van der Waals surface area contributed by atoms with Gasteiger partial charge in [-0.15, -0.1) is 11.8 Å². The van der Waals surface area contributed by atoms with Crippen LogP contribution in [0.3, 0.4) is 0 Å². The highest BCUT2D eigenvalue weighted by Crippen LogP contribution is 2.28. The average Bonchev–Trinajstić information content (AvgIpc) is 2.30. The van der Waals surface area contributed by atoms with Gasteiger partial charge in [0.2, 0.25) is 0 Å². The molecule has 0 aliphatic heterocycles. The molecular formula is C12H18N2O2S. The van der Waals surface area contributed by atoms with E-state index in [1.807, 2.05) is 26.2 Å². The van der Waals surface area contributed by atoms with Crippen molar-refractivity contribution in [1.29, 1.82) is 0 Å². The van der Waals surface area contributed by atoms with Crippen LogP contribution in [0.5, 0.6) is 0 Å². The zero-order chi connectivity index (χ0) is 12.8. The molecule has 4 nitrogen and oxygen atoms in total. The van der Waals surface area contributed by atoms with Gasteiger partial charge in [0.15, 0.2) is 0 Å². The number of benzene rings is 1. The minimum absolute atomic E-state index is 0.391. The van der Waals surface area contributed by atoms with Crippen molar-refractivity contribution < 1.29 is 9.53 Å². The number of thioether (sulfide) groups is 1. The Kier molecular flexibility index (Phi) is 5.31. The van der Waals surface area contributed by atoms with Crippen LogP contribution in [0.2, 0.25) is 0 Å². The van der Waals surface area contributed by atoms with E-state index in [4.69, 9.17) is 5.73 Å². The highest BCUT2D eigenvalue weighted by molar-refractivity contribution is 7.99. The lowest BCUT2D eigenvalue weighted by Gasteiger charge is -2.11. The first-order chi connectivity index (χ1) is 8.06. The second-order valence-corrected chi connectivity index (χ2v) is 5.00. The van der Waals surface area contributed by atoms with Crippen molar-refractivity contribution in [1.82, 2.24) is 4.90 Å². The predicted octanol–water partition coefficient (Wildman–Crippen LogP) is 1.71. The van der Waals surface area contributed by atoms with Crippen LogP contribution in [0.25, 0.3) is 0 Å². The number of esters is 1. The third-order valence-corrected chi connectivity index (χ3v) is 3.32. The number of anilines is 1. The maximum atomic E-state index is 11.4. The first-order valence-electron chi connectivity index (χ1n) is 5.30. The molecule has 1 rings (SSSR count). The number of rotatable bonds is 5. The number of nitrogens with two attached hydrogens (primary N) is 1. The molecule has 0 bridgehead atoms. The molecule has 0 unspecified atom stereocenters. The molecule has 94 valence electrons. The molecule has 0 amide bonds. The summed E-state index contributed by atoms with van der Waals surface area (Å²) in [5.74, 6) is 0.541. The van der Waals surface area contributed by atoms with E-state index in [1.165, 1.54) is 7.11 Å². The van der Waals surface area contributed by atoms with E-state index in [0.717, 1.165) is 17.2 Å². The highest BCUT2D eigenvalue weighted by Gasteiger charge is 2.12. The molecule has 0 saturated heterocycles. The highest BCUT2D eigenvalue weighted by atomic mass is 32.2. The molecule has 0 aliphatic carbocycles. The molecule has 17 heavy (non-hydrogen) atoms. The standard InChI is InChI=1S/C12H18N2O2S/c1-14(2)7-8-17-10-6-4-5-9(11(10)13)12(15)16-3/h4-6H,7-8,13H2,1-3H3. The molecule has 5 heteroatoms. The molecule has 0 radical (unpaired) electrons. The van der Waals surface area contributed by atoms with Crippen LogP contribution < -0.4 is 5.73 Å².